The van der Waals surface area contributed by atoms with Crippen LogP contribution in [0.25, 0.3) is 6.08 Å². The summed E-state index contributed by atoms with van der Waals surface area (Å²) in [5, 5.41) is 14.1. The third kappa shape index (κ3) is 6.69. The Morgan fingerprint density at radius 3 is 2.50 bits per heavy atom. The van der Waals surface area contributed by atoms with Crippen molar-refractivity contribution in [1.29, 1.82) is 0 Å². The highest BCUT2D eigenvalue weighted by molar-refractivity contribution is 6.05. The summed E-state index contributed by atoms with van der Waals surface area (Å²) in [6, 6.07) is 15.1. The van der Waals surface area contributed by atoms with Gasteiger partial charge in [0.05, 0.1) is 0 Å². The fraction of sp³-hybridized carbons (Fsp3) is 0.190. The number of ether oxygens (including phenoxy) is 1. The lowest BCUT2D eigenvalue weighted by Crippen LogP contribution is -2.35. The second kappa shape index (κ2) is 10.6. The standard InChI is InChI=1S/C21H22N2O5/c1-15(25)28-18-10-5-7-16(13-18)14-19(21(27)22-11-6-12-24)23-20(26)17-8-3-2-4-9-17/h2-5,7-10,13-14,24H,6,11-12H2,1H3,(H,22,27)(H,23,26)/b19-14-. The SMILES string of the molecule is CC(=O)Oc1cccc(/C=C(\NC(=O)c2ccccc2)C(=O)NCCCO)c1. The largest absolute Gasteiger partial charge is 0.427 e. The molecule has 0 heterocycles. The Balaban J connectivity index is 2.26. The average Bonchev–Trinajstić information content (AvgIpc) is 2.68. The van der Waals surface area contributed by atoms with Crippen LogP contribution in [-0.2, 0) is 9.59 Å². The summed E-state index contributed by atoms with van der Waals surface area (Å²) in [5.74, 6) is -1.05. The lowest BCUT2D eigenvalue weighted by Gasteiger charge is -2.11. The van der Waals surface area contributed by atoms with Gasteiger partial charge in [0.15, 0.2) is 0 Å². The van der Waals surface area contributed by atoms with Gasteiger partial charge in [0.1, 0.15) is 11.4 Å². The van der Waals surface area contributed by atoms with Crippen molar-refractivity contribution in [2.75, 3.05) is 13.2 Å². The normalized spacial score (nSPS) is 10.9. The number of carbonyl (C=O) groups excluding carboxylic acids is 3. The minimum atomic E-state index is -0.490. The molecule has 2 aromatic carbocycles. The van der Waals surface area contributed by atoms with Gasteiger partial charge in [-0.3, -0.25) is 14.4 Å². The molecule has 0 saturated carbocycles. The van der Waals surface area contributed by atoms with Gasteiger partial charge in [0.2, 0.25) is 0 Å². The number of aliphatic hydroxyl groups is 1. The number of rotatable bonds is 8. The smallest absolute Gasteiger partial charge is 0.308 e. The average molecular weight is 382 g/mol. The van der Waals surface area contributed by atoms with E-state index in [1.165, 1.54) is 13.0 Å². The molecule has 0 aliphatic rings. The lowest BCUT2D eigenvalue weighted by atomic mass is 10.1. The first kappa shape index (κ1) is 20.9. The van der Waals surface area contributed by atoms with Gasteiger partial charge in [0.25, 0.3) is 11.8 Å². The van der Waals surface area contributed by atoms with Gasteiger partial charge in [0, 0.05) is 25.6 Å². The van der Waals surface area contributed by atoms with Crippen molar-refractivity contribution in [1.82, 2.24) is 10.6 Å². The van der Waals surface area contributed by atoms with Crippen LogP contribution in [0.2, 0.25) is 0 Å². The monoisotopic (exact) mass is 382 g/mol. The Bertz CT molecular complexity index is 862. The van der Waals surface area contributed by atoms with Crippen LogP contribution in [0, 0.1) is 0 Å². The first-order chi connectivity index (χ1) is 13.5. The van der Waals surface area contributed by atoms with Crippen LogP contribution in [0.15, 0.2) is 60.3 Å². The van der Waals surface area contributed by atoms with E-state index in [9.17, 15) is 14.4 Å². The van der Waals surface area contributed by atoms with Crippen LogP contribution in [0.5, 0.6) is 5.75 Å². The van der Waals surface area contributed by atoms with E-state index in [0.717, 1.165) is 0 Å². The summed E-state index contributed by atoms with van der Waals surface area (Å²) in [4.78, 5) is 36.1. The molecule has 7 nitrogen and oxygen atoms in total. The minimum Gasteiger partial charge on any atom is -0.427 e. The quantitative estimate of drug-likeness (QED) is 0.280. The van der Waals surface area contributed by atoms with E-state index >= 15 is 0 Å². The van der Waals surface area contributed by atoms with Gasteiger partial charge in [-0.05, 0) is 42.3 Å². The van der Waals surface area contributed by atoms with E-state index in [1.54, 1.807) is 54.6 Å². The fourth-order valence-electron chi connectivity index (χ4n) is 2.32. The Kier molecular flexibility index (Phi) is 7.92. The Labute approximate surface area is 163 Å². The van der Waals surface area contributed by atoms with Gasteiger partial charge < -0.3 is 20.5 Å². The molecule has 0 radical (unpaired) electrons. The lowest BCUT2D eigenvalue weighted by molar-refractivity contribution is -0.131. The van der Waals surface area contributed by atoms with Gasteiger partial charge in [-0.1, -0.05) is 30.3 Å². The van der Waals surface area contributed by atoms with Crippen molar-refractivity contribution in [3.05, 3.63) is 71.4 Å². The van der Waals surface area contributed by atoms with E-state index in [-0.39, 0.29) is 18.8 Å². The second-order valence-electron chi connectivity index (χ2n) is 5.88. The molecule has 0 atom stereocenters. The van der Waals surface area contributed by atoms with Crippen molar-refractivity contribution in [2.24, 2.45) is 0 Å². The maximum atomic E-state index is 12.5. The molecular weight excluding hydrogens is 360 g/mol. The Hall–Kier alpha value is -3.45. The molecule has 0 spiro atoms. The number of hydrogen-bond acceptors (Lipinski definition) is 5. The number of esters is 1. The zero-order valence-electron chi connectivity index (χ0n) is 15.5. The summed E-state index contributed by atoms with van der Waals surface area (Å²) in [7, 11) is 0. The number of benzene rings is 2. The van der Waals surface area contributed by atoms with Crippen LogP contribution in [-0.4, -0.2) is 36.0 Å². The molecule has 7 heteroatoms. The molecule has 0 fully saturated rings. The van der Waals surface area contributed by atoms with Crippen molar-refractivity contribution in [3.63, 3.8) is 0 Å². The number of hydrogen-bond donors (Lipinski definition) is 3. The number of carbonyl (C=O) groups is 3. The van der Waals surface area contributed by atoms with Gasteiger partial charge in [-0.25, -0.2) is 0 Å². The zero-order chi connectivity index (χ0) is 20.4. The number of amides is 2. The van der Waals surface area contributed by atoms with Crippen LogP contribution in [0.4, 0.5) is 0 Å². The van der Waals surface area contributed by atoms with E-state index in [1.807, 2.05) is 0 Å². The Morgan fingerprint density at radius 1 is 1.07 bits per heavy atom. The van der Waals surface area contributed by atoms with Crippen LogP contribution in [0.3, 0.4) is 0 Å². The molecule has 0 aliphatic heterocycles. The molecule has 2 rings (SSSR count). The van der Waals surface area contributed by atoms with Crippen LogP contribution < -0.4 is 15.4 Å². The first-order valence-electron chi connectivity index (χ1n) is 8.75. The summed E-state index contributed by atoms with van der Waals surface area (Å²) < 4.78 is 5.04. The van der Waals surface area contributed by atoms with Crippen LogP contribution in [0.1, 0.15) is 29.3 Å². The first-order valence-corrected chi connectivity index (χ1v) is 8.75. The highest BCUT2D eigenvalue weighted by Crippen LogP contribution is 2.16. The molecule has 0 aliphatic carbocycles. The van der Waals surface area contributed by atoms with Crippen molar-refractivity contribution in [2.45, 2.75) is 13.3 Å². The van der Waals surface area contributed by atoms with Crippen molar-refractivity contribution < 1.29 is 24.2 Å². The second-order valence-corrected chi connectivity index (χ2v) is 5.88. The van der Waals surface area contributed by atoms with Crippen molar-refractivity contribution in [3.8, 4) is 5.75 Å². The predicted molar refractivity (Wildman–Crippen MR) is 104 cm³/mol. The third-order valence-corrected chi connectivity index (χ3v) is 3.58. The topological polar surface area (TPSA) is 105 Å². The number of aliphatic hydroxyl groups excluding tert-OH is 1. The molecule has 28 heavy (non-hydrogen) atoms. The van der Waals surface area contributed by atoms with Crippen molar-refractivity contribution >= 4 is 23.9 Å². The molecule has 146 valence electrons. The highest BCUT2D eigenvalue weighted by Gasteiger charge is 2.14. The summed E-state index contributed by atoms with van der Waals surface area (Å²) in [5.41, 5.74) is 1.01. The molecule has 2 amide bonds. The minimum absolute atomic E-state index is 0.0340. The molecule has 2 aromatic rings. The van der Waals surface area contributed by atoms with Crippen LogP contribution >= 0.6 is 0 Å². The maximum Gasteiger partial charge on any atom is 0.308 e. The third-order valence-electron chi connectivity index (χ3n) is 3.58. The molecule has 0 saturated heterocycles. The summed E-state index contributed by atoms with van der Waals surface area (Å²) >= 11 is 0. The van der Waals surface area contributed by atoms with Gasteiger partial charge >= 0.3 is 5.97 Å². The Morgan fingerprint density at radius 2 is 1.82 bits per heavy atom. The fourth-order valence-corrected chi connectivity index (χ4v) is 2.32. The summed E-state index contributed by atoms with van der Waals surface area (Å²) in [6.45, 7) is 1.50. The molecule has 0 aromatic heterocycles. The number of nitrogens with one attached hydrogen (secondary N) is 2. The summed E-state index contributed by atoms with van der Waals surface area (Å²) in [6.07, 6.45) is 1.88. The van der Waals surface area contributed by atoms with Gasteiger partial charge in [-0.2, -0.15) is 0 Å². The molecule has 0 unspecified atom stereocenters. The van der Waals surface area contributed by atoms with Gasteiger partial charge in [-0.15, -0.1) is 0 Å². The zero-order valence-corrected chi connectivity index (χ0v) is 15.5. The van der Waals surface area contributed by atoms with E-state index in [0.29, 0.717) is 23.3 Å². The van der Waals surface area contributed by atoms with E-state index in [4.69, 9.17) is 9.84 Å². The molecular formula is C21H22N2O5. The highest BCUT2D eigenvalue weighted by atomic mass is 16.5. The molecule has 3 N–H and O–H groups in total. The molecule has 0 bridgehead atoms. The van der Waals surface area contributed by atoms with E-state index < -0.39 is 17.8 Å². The van der Waals surface area contributed by atoms with E-state index in [2.05, 4.69) is 10.6 Å². The predicted octanol–water partition coefficient (Wildman–Crippen LogP) is 1.88. The maximum absolute atomic E-state index is 12.5.